The fraction of sp³-hybridized carbons (Fsp3) is 0.214. The van der Waals surface area contributed by atoms with E-state index in [0.717, 1.165) is 0 Å². The molecule has 1 aromatic carbocycles. The summed E-state index contributed by atoms with van der Waals surface area (Å²) in [6, 6.07) is 6.79. The van der Waals surface area contributed by atoms with Crippen LogP contribution in [0.2, 0.25) is 0 Å². The van der Waals surface area contributed by atoms with Crippen LogP contribution in [-0.4, -0.2) is 27.5 Å². The summed E-state index contributed by atoms with van der Waals surface area (Å²) in [7, 11) is 0. The van der Waals surface area contributed by atoms with Crippen molar-refractivity contribution in [3.63, 3.8) is 0 Å². The molecule has 0 bridgehead atoms. The van der Waals surface area contributed by atoms with Gasteiger partial charge in [-0.1, -0.05) is 12.1 Å². The van der Waals surface area contributed by atoms with Crippen molar-refractivity contribution < 1.29 is 14.7 Å². The van der Waals surface area contributed by atoms with E-state index in [-0.39, 0.29) is 5.56 Å². The third-order valence-electron chi connectivity index (χ3n) is 2.99. The highest BCUT2D eigenvalue weighted by Crippen LogP contribution is 2.08. The minimum absolute atomic E-state index is 0.113. The summed E-state index contributed by atoms with van der Waals surface area (Å²) in [5.41, 5.74) is -1.38. The summed E-state index contributed by atoms with van der Waals surface area (Å²) < 4.78 is 0. The molecule has 0 aliphatic carbocycles. The predicted octanol–water partition coefficient (Wildman–Crippen LogP) is 1.12. The minimum Gasteiger partial charge on any atom is -0.480 e. The molecule has 1 amide bonds. The van der Waals surface area contributed by atoms with Crippen molar-refractivity contribution in [2.24, 2.45) is 0 Å². The minimum atomic E-state index is -1.45. The average molecular weight is 274 g/mol. The molecule has 0 saturated heterocycles. The van der Waals surface area contributed by atoms with Gasteiger partial charge in [0.25, 0.3) is 5.91 Å². The number of nitrogens with one attached hydrogen (secondary N) is 2. The number of aromatic amines is 1. The third kappa shape index (κ3) is 2.40. The molecule has 6 nitrogen and oxygen atoms in total. The van der Waals surface area contributed by atoms with Crippen LogP contribution in [0.15, 0.2) is 35.3 Å². The first-order chi connectivity index (χ1) is 9.33. The molecule has 6 heteroatoms. The summed E-state index contributed by atoms with van der Waals surface area (Å²) in [5.74, 6) is -1.90. The van der Waals surface area contributed by atoms with Gasteiger partial charge in [0, 0.05) is 17.1 Å². The van der Waals surface area contributed by atoms with Crippen LogP contribution in [0.4, 0.5) is 0 Å². The van der Waals surface area contributed by atoms with E-state index in [9.17, 15) is 14.4 Å². The average Bonchev–Trinajstić information content (AvgIpc) is 2.38. The lowest BCUT2D eigenvalue weighted by Crippen LogP contribution is -2.50. The quantitative estimate of drug-likeness (QED) is 0.781. The molecule has 3 N–H and O–H groups in total. The van der Waals surface area contributed by atoms with Gasteiger partial charge in [0.1, 0.15) is 11.1 Å². The summed E-state index contributed by atoms with van der Waals surface area (Å²) in [4.78, 5) is 38.1. The maximum absolute atomic E-state index is 12.2. The molecule has 20 heavy (non-hydrogen) atoms. The van der Waals surface area contributed by atoms with Crippen molar-refractivity contribution in [2.45, 2.75) is 19.4 Å². The van der Waals surface area contributed by atoms with Crippen molar-refractivity contribution in [3.05, 3.63) is 46.2 Å². The van der Waals surface area contributed by atoms with Crippen molar-refractivity contribution in [2.75, 3.05) is 0 Å². The Kier molecular flexibility index (Phi) is 3.31. The number of carbonyl (C=O) groups is 2. The number of rotatable bonds is 3. The molecule has 0 aliphatic rings. The number of benzene rings is 1. The Labute approximate surface area is 114 Å². The van der Waals surface area contributed by atoms with Gasteiger partial charge in [-0.2, -0.15) is 0 Å². The molecule has 0 unspecified atom stereocenters. The van der Waals surface area contributed by atoms with Crippen LogP contribution >= 0.6 is 0 Å². The first-order valence-electron chi connectivity index (χ1n) is 5.99. The van der Waals surface area contributed by atoms with Gasteiger partial charge < -0.3 is 15.4 Å². The number of carbonyl (C=O) groups excluding carboxylic acids is 1. The second kappa shape index (κ2) is 4.80. The van der Waals surface area contributed by atoms with Crippen LogP contribution in [-0.2, 0) is 4.79 Å². The van der Waals surface area contributed by atoms with Crippen LogP contribution in [0.3, 0.4) is 0 Å². The number of aliphatic carboxylic acids is 1. The topological polar surface area (TPSA) is 99.3 Å². The number of fused-ring (bicyclic) bond motifs is 1. The van der Waals surface area contributed by atoms with E-state index >= 15 is 0 Å². The number of H-pyrrole nitrogens is 1. The number of carboxylic acid groups (broad SMARTS) is 1. The first-order valence-corrected chi connectivity index (χ1v) is 5.99. The number of para-hydroxylation sites is 1. The lowest BCUT2D eigenvalue weighted by atomic mass is 10.0. The summed E-state index contributed by atoms with van der Waals surface area (Å²) in [6.07, 6.45) is 1.29. The smallest absolute Gasteiger partial charge is 0.328 e. The van der Waals surface area contributed by atoms with Gasteiger partial charge in [-0.15, -0.1) is 0 Å². The summed E-state index contributed by atoms with van der Waals surface area (Å²) in [6.45, 7) is 2.70. The van der Waals surface area contributed by atoms with E-state index in [4.69, 9.17) is 5.11 Å². The molecule has 0 spiro atoms. The molecule has 104 valence electrons. The molecule has 0 radical (unpaired) electrons. The number of carboxylic acids is 1. The highest BCUT2D eigenvalue weighted by Gasteiger charge is 2.30. The third-order valence-corrected chi connectivity index (χ3v) is 2.99. The van der Waals surface area contributed by atoms with E-state index < -0.39 is 22.8 Å². The lowest BCUT2D eigenvalue weighted by Gasteiger charge is -2.20. The van der Waals surface area contributed by atoms with E-state index in [0.29, 0.717) is 10.9 Å². The second-order valence-electron chi connectivity index (χ2n) is 4.96. The van der Waals surface area contributed by atoms with Crippen molar-refractivity contribution in [3.8, 4) is 0 Å². The highest BCUT2D eigenvalue weighted by atomic mass is 16.4. The Hall–Kier alpha value is -2.63. The molecular formula is C14H14N2O4. The SMILES string of the molecule is CC(C)(NC(=O)c1c[nH]c2ccccc2c1=O)C(=O)O. The lowest BCUT2D eigenvalue weighted by molar-refractivity contribution is -0.143. The molecular weight excluding hydrogens is 260 g/mol. The predicted molar refractivity (Wildman–Crippen MR) is 73.7 cm³/mol. The molecule has 0 fully saturated rings. The zero-order chi connectivity index (χ0) is 14.9. The van der Waals surface area contributed by atoms with Crippen LogP contribution in [0.25, 0.3) is 10.9 Å². The fourth-order valence-electron chi connectivity index (χ4n) is 1.74. The number of amides is 1. The zero-order valence-corrected chi connectivity index (χ0v) is 11.1. The Morgan fingerprint density at radius 3 is 2.55 bits per heavy atom. The monoisotopic (exact) mass is 274 g/mol. The Balaban J connectivity index is 2.44. The van der Waals surface area contributed by atoms with Gasteiger partial charge in [0.15, 0.2) is 0 Å². The molecule has 1 heterocycles. The molecule has 1 aromatic heterocycles. The summed E-state index contributed by atoms with van der Waals surface area (Å²) >= 11 is 0. The maximum Gasteiger partial charge on any atom is 0.328 e. The largest absolute Gasteiger partial charge is 0.480 e. The molecule has 0 saturated carbocycles. The van der Waals surface area contributed by atoms with Crippen molar-refractivity contribution in [1.29, 1.82) is 0 Å². The van der Waals surface area contributed by atoms with Crippen LogP contribution in [0.1, 0.15) is 24.2 Å². The normalized spacial score (nSPS) is 11.3. The number of hydrogen-bond acceptors (Lipinski definition) is 3. The van der Waals surface area contributed by atoms with E-state index in [2.05, 4.69) is 10.3 Å². The zero-order valence-electron chi connectivity index (χ0n) is 11.1. The van der Waals surface area contributed by atoms with Gasteiger partial charge in [-0.3, -0.25) is 9.59 Å². The van der Waals surface area contributed by atoms with Crippen LogP contribution in [0.5, 0.6) is 0 Å². The molecule has 2 rings (SSSR count). The van der Waals surface area contributed by atoms with Gasteiger partial charge in [-0.25, -0.2) is 4.79 Å². The number of pyridine rings is 1. The standard InChI is InChI=1S/C14H14N2O4/c1-14(2,13(19)20)16-12(18)9-7-15-10-6-4-3-5-8(10)11(9)17/h3-7H,1-2H3,(H,15,17)(H,16,18)(H,19,20). The maximum atomic E-state index is 12.2. The molecule has 0 atom stereocenters. The summed E-state index contributed by atoms with van der Waals surface area (Å²) in [5, 5.41) is 11.7. The van der Waals surface area contributed by atoms with Crippen LogP contribution in [0, 0.1) is 0 Å². The number of hydrogen-bond donors (Lipinski definition) is 3. The van der Waals surface area contributed by atoms with Gasteiger partial charge >= 0.3 is 5.97 Å². The first kappa shape index (κ1) is 13.8. The van der Waals surface area contributed by atoms with Crippen LogP contribution < -0.4 is 10.7 Å². The molecule has 2 aromatic rings. The Morgan fingerprint density at radius 2 is 1.90 bits per heavy atom. The van der Waals surface area contributed by atoms with E-state index in [1.54, 1.807) is 24.3 Å². The second-order valence-corrected chi connectivity index (χ2v) is 4.96. The van der Waals surface area contributed by atoms with E-state index in [1.807, 2.05) is 0 Å². The highest BCUT2D eigenvalue weighted by molar-refractivity contribution is 5.99. The van der Waals surface area contributed by atoms with E-state index in [1.165, 1.54) is 20.0 Å². The van der Waals surface area contributed by atoms with Gasteiger partial charge in [0.05, 0.1) is 0 Å². The van der Waals surface area contributed by atoms with Crippen molar-refractivity contribution in [1.82, 2.24) is 10.3 Å². The van der Waals surface area contributed by atoms with Gasteiger partial charge in [-0.05, 0) is 26.0 Å². The van der Waals surface area contributed by atoms with Gasteiger partial charge in [0.2, 0.25) is 5.43 Å². The fourth-order valence-corrected chi connectivity index (χ4v) is 1.74. The van der Waals surface area contributed by atoms with Crippen molar-refractivity contribution >= 4 is 22.8 Å². The number of aromatic nitrogens is 1. The Morgan fingerprint density at radius 1 is 1.25 bits per heavy atom. The molecule has 0 aliphatic heterocycles. The Bertz CT molecular complexity index is 746.